The second-order valence-corrected chi connectivity index (χ2v) is 9.06. The first-order valence-electron chi connectivity index (χ1n) is 11.0. The molecule has 1 fully saturated rings. The van der Waals surface area contributed by atoms with Crippen LogP contribution in [0.1, 0.15) is 56.2 Å². The number of nitrogens with one attached hydrogen (secondary N) is 1. The van der Waals surface area contributed by atoms with Gasteiger partial charge in [-0.3, -0.25) is 9.69 Å². The minimum Gasteiger partial charge on any atom is -0.299 e. The molecule has 31 heavy (non-hydrogen) atoms. The zero-order valence-electron chi connectivity index (χ0n) is 18.6. The van der Waals surface area contributed by atoms with E-state index < -0.39 is 0 Å². The van der Waals surface area contributed by atoms with E-state index in [-0.39, 0.29) is 11.8 Å². The Kier molecular flexibility index (Phi) is 8.44. The van der Waals surface area contributed by atoms with Gasteiger partial charge in [0.05, 0.1) is 6.21 Å². The summed E-state index contributed by atoms with van der Waals surface area (Å²) < 4.78 is 0. The van der Waals surface area contributed by atoms with Crippen LogP contribution < -0.4 is 5.43 Å². The third kappa shape index (κ3) is 7.34. The largest absolute Gasteiger partial charge is 0.299 e. The lowest BCUT2D eigenvalue weighted by Gasteiger charge is -2.30. The maximum atomic E-state index is 12.5. The number of allylic oxidation sites excluding steroid dienone is 1. The predicted octanol–water partition coefficient (Wildman–Crippen LogP) is 5.88. The van der Waals surface area contributed by atoms with Gasteiger partial charge in [0.2, 0.25) is 5.91 Å². The highest BCUT2D eigenvalue weighted by atomic mass is 35.5. The summed E-state index contributed by atoms with van der Waals surface area (Å²) >= 11 is 5.95. The maximum absolute atomic E-state index is 12.5. The van der Waals surface area contributed by atoms with Crippen molar-refractivity contribution in [3.05, 3.63) is 75.8 Å². The molecule has 3 rings (SSSR count). The van der Waals surface area contributed by atoms with Gasteiger partial charge in [0.1, 0.15) is 0 Å². The Bertz CT molecular complexity index is 909. The zero-order valence-corrected chi connectivity index (χ0v) is 19.4. The van der Waals surface area contributed by atoms with E-state index in [1.807, 2.05) is 19.1 Å². The van der Waals surface area contributed by atoms with Gasteiger partial charge >= 0.3 is 0 Å². The second kappa shape index (κ2) is 11.3. The van der Waals surface area contributed by atoms with Gasteiger partial charge in [0, 0.05) is 17.5 Å². The molecule has 1 N–H and O–H groups in total. The highest BCUT2D eigenvalue weighted by Crippen LogP contribution is 2.20. The molecular weight excluding hydrogens is 406 g/mol. The van der Waals surface area contributed by atoms with Crippen molar-refractivity contribution in [3.8, 4) is 0 Å². The molecule has 1 amide bonds. The van der Waals surface area contributed by atoms with Gasteiger partial charge in [-0.05, 0) is 73.2 Å². The van der Waals surface area contributed by atoms with Crippen molar-refractivity contribution >= 4 is 29.8 Å². The lowest BCUT2D eigenvalue weighted by atomic mass is 9.96. The van der Waals surface area contributed by atoms with Gasteiger partial charge in [-0.25, -0.2) is 5.43 Å². The summed E-state index contributed by atoms with van der Waals surface area (Å²) in [5.74, 6) is 0.558. The van der Waals surface area contributed by atoms with Gasteiger partial charge in [-0.2, -0.15) is 5.10 Å². The van der Waals surface area contributed by atoms with Crippen molar-refractivity contribution in [3.63, 3.8) is 0 Å². The molecular formula is C26H32ClN3O. The maximum Gasteiger partial charge on any atom is 0.243 e. The summed E-state index contributed by atoms with van der Waals surface area (Å²) in [5.41, 5.74) is 7.43. The first-order chi connectivity index (χ1) is 14.9. The molecule has 0 bridgehead atoms. The minimum absolute atomic E-state index is 0.0106. The topological polar surface area (TPSA) is 44.7 Å². The standard InChI is InChI=1S/C26H32ClN3O/c1-19(2)23-8-4-21(5-9-23)16-20(3)17-28-29-26(31)24-12-14-30(15-13-24)18-22-6-10-25(27)11-7-22/h4-11,16-17,19,24H,12-15,18H2,1-3H3,(H,29,31). The van der Waals surface area contributed by atoms with Gasteiger partial charge in [0.15, 0.2) is 0 Å². The molecule has 1 aliphatic heterocycles. The highest BCUT2D eigenvalue weighted by Gasteiger charge is 2.24. The van der Waals surface area contributed by atoms with Crippen molar-refractivity contribution in [1.82, 2.24) is 10.3 Å². The van der Waals surface area contributed by atoms with Crippen molar-refractivity contribution in [2.24, 2.45) is 11.0 Å². The number of likely N-dealkylation sites (tertiary alicyclic amines) is 1. The van der Waals surface area contributed by atoms with Crippen molar-refractivity contribution < 1.29 is 4.79 Å². The highest BCUT2D eigenvalue weighted by molar-refractivity contribution is 6.30. The molecule has 0 radical (unpaired) electrons. The molecule has 0 aromatic heterocycles. The van der Waals surface area contributed by atoms with Gasteiger partial charge in [-0.15, -0.1) is 0 Å². The Morgan fingerprint density at radius 2 is 1.77 bits per heavy atom. The average Bonchev–Trinajstić information content (AvgIpc) is 2.76. The van der Waals surface area contributed by atoms with Crippen LogP contribution in [0.5, 0.6) is 0 Å². The Labute approximate surface area is 191 Å². The number of halogens is 1. The molecule has 1 aliphatic rings. The number of amides is 1. The van der Waals surface area contributed by atoms with Crippen LogP contribution in [0.3, 0.4) is 0 Å². The Morgan fingerprint density at radius 1 is 1.13 bits per heavy atom. The van der Waals surface area contributed by atoms with Gasteiger partial charge in [0.25, 0.3) is 0 Å². The van der Waals surface area contributed by atoms with Crippen LogP contribution in [0.15, 0.2) is 59.2 Å². The smallest absolute Gasteiger partial charge is 0.243 e. The van der Waals surface area contributed by atoms with E-state index >= 15 is 0 Å². The molecule has 5 heteroatoms. The fourth-order valence-corrected chi connectivity index (χ4v) is 3.89. The summed E-state index contributed by atoms with van der Waals surface area (Å²) in [6.45, 7) is 9.09. The lowest BCUT2D eigenvalue weighted by Crippen LogP contribution is -2.39. The molecule has 0 spiro atoms. The molecule has 1 saturated heterocycles. The Balaban J connectivity index is 1.43. The van der Waals surface area contributed by atoms with E-state index in [0.717, 1.165) is 48.6 Å². The number of rotatable bonds is 7. The molecule has 2 aromatic carbocycles. The van der Waals surface area contributed by atoms with Gasteiger partial charge < -0.3 is 0 Å². The van der Waals surface area contributed by atoms with Crippen LogP contribution in [0.4, 0.5) is 0 Å². The lowest BCUT2D eigenvalue weighted by molar-refractivity contribution is -0.126. The second-order valence-electron chi connectivity index (χ2n) is 8.62. The number of carbonyl (C=O) groups excluding carboxylic acids is 1. The molecule has 0 atom stereocenters. The van der Waals surface area contributed by atoms with E-state index in [1.165, 1.54) is 11.1 Å². The van der Waals surface area contributed by atoms with E-state index in [9.17, 15) is 4.79 Å². The normalized spacial score (nSPS) is 16.2. The van der Waals surface area contributed by atoms with E-state index in [4.69, 9.17) is 11.6 Å². The first-order valence-corrected chi connectivity index (χ1v) is 11.4. The van der Waals surface area contributed by atoms with E-state index in [1.54, 1.807) is 6.21 Å². The zero-order chi connectivity index (χ0) is 22.2. The average molecular weight is 438 g/mol. The Morgan fingerprint density at radius 3 is 2.39 bits per heavy atom. The number of carbonyl (C=O) groups is 1. The quantitative estimate of drug-likeness (QED) is 0.434. The van der Waals surface area contributed by atoms with Gasteiger partial charge in [-0.1, -0.05) is 67.9 Å². The van der Waals surface area contributed by atoms with Crippen molar-refractivity contribution in [1.29, 1.82) is 0 Å². The van der Waals surface area contributed by atoms with E-state index in [0.29, 0.717) is 5.92 Å². The fourth-order valence-electron chi connectivity index (χ4n) is 3.77. The molecule has 0 unspecified atom stereocenters. The minimum atomic E-state index is 0.0106. The number of hydrogen-bond donors (Lipinski definition) is 1. The summed E-state index contributed by atoms with van der Waals surface area (Å²) in [4.78, 5) is 14.8. The molecule has 0 aliphatic carbocycles. The Hall–Kier alpha value is -2.43. The summed E-state index contributed by atoms with van der Waals surface area (Å²) in [5, 5.41) is 4.92. The first kappa shape index (κ1) is 23.2. The monoisotopic (exact) mass is 437 g/mol. The van der Waals surface area contributed by atoms with Crippen LogP contribution >= 0.6 is 11.6 Å². The van der Waals surface area contributed by atoms with E-state index in [2.05, 4.69) is 71.7 Å². The predicted molar refractivity (Wildman–Crippen MR) is 130 cm³/mol. The molecule has 2 aromatic rings. The molecule has 1 heterocycles. The van der Waals surface area contributed by atoms with Crippen LogP contribution in [0, 0.1) is 5.92 Å². The summed E-state index contributed by atoms with van der Waals surface area (Å²) in [6, 6.07) is 16.5. The van der Waals surface area contributed by atoms with Crippen LogP contribution in [0.25, 0.3) is 6.08 Å². The van der Waals surface area contributed by atoms with Crippen LogP contribution in [0.2, 0.25) is 5.02 Å². The van der Waals surface area contributed by atoms with Crippen LogP contribution in [-0.4, -0.2) is 30.1 Å². The molecule has 4 nitrogen and oxygen atoms in total. The number of piperidine rings is 1. The SMILES string of the molecule is CC(C=NNC(=O)C1CCN(Cc2ccc(Cl)cc2)CC1)=Cc1ccc(C(C)C)cc1. The molecule has 0 saturated carbocycles. The number of hydrazone groups is 1. The third-order valence-corrected chi connectivity index (χ3v) is 5.97. The van der Waals surface area contributed by atoms with Crippen molar-refractivity contribution in [2.45, 2.75) is 46.1 Å². The third-order valence-electron chi connectivity index (χ3n) is 5.72. The summed E-state index contributed by atoms with van der Waals surface area (Å²) in [7, 11) is 0. The molecule has 164 valence electrons. The van der Waals surface area contributed by atoms with Crippen molar-refractivity contribution in [2.75, 3.05) is 13.1 Å². The number of nitrogens with zero attached hydrogens (tertiary/aromatic N) is 2. The number of benzene rings is 2. The fraction of sp³-hybridized carbons (Fsp3) is 0.385. The van der Waals surface area contributed by atoms with Crippen LogP contribution in [-0.2, 0) is 11.3 Å². The summed E-state index contributed by atoms with van der Waals surface area (Å²) in [6.07, 6.45) is 5.48. The number of hydrogen-bond acceptors (Lipinski definition) is 3.